The SMILES string of the molecule is O=C(ON(F)c1ccc(Cl)cn1)c1cnccn1. The Kier molecular flexibility index (Phi) is 3.63. The molecule has 0 aliphatic heterocycles. The fourth-order valence-corrected chi connectivity index (χ4v) is 1.15. The van der Waals surface area contributed by atoms with E-state index in [4.69, 9.17) is 11.6 Å². The number of aromatic nitrogens is 3. The Morgan fingerprint density at radius 3 is 2.72 bits per heavy atom. The van der Waals surface area contributed by atoms with Crippen LogP contribution < -0.4 is 5.29 Å². The Bertz CT molecular complexity index is 537. The van der Waals surface area contributed by atoms with E-state index < -0.39 is 5.97 Å². The van der Waals surface area contributed by atoms with Gasteiger partial charge in [0.1, 0.15) is 0 Å². The third-order valence-corrected chi connectivity index (χ3v) is 2.05. The molecule has 0 unspecified atom stereocenters. The van der Waals surface area contributed by atoms with Crippen molar-refractivity contribution in [2.75, 3.05) is 5.29 Å². The number of hydrogen-bond acceptors (Lipinski definition) is 6. The van der Waals surface area contributed by atoms with Gasteiger partial charge in [-0.05, 0) is 17.4 Å². The Morgan fingerprint density at radius 1 is 1.28 bits per heavy atom. The molecule has 18 heavy (non-hydrogen) atoms. The van der Waals surface area contributed by atoms with Crippen LogP contribution in [0.3, 0.4) is 0 Å². The Hall–Kier alpha value is -2.28. The zero-order valence-electron chi connectivity index (χ0n) is 8.83. The number of pyridine rings is 1. The van der Waals surface area contributed by atoms with Crippen LogP contribution in [0.2, 0.25) is 5.02 Å². The first kappa shape index (κ1) is 12.2. The molecule has 6 nitrogen and oxygen atoms in total. The van der Waals surface area contributed by atoms with E-state index in [2.05, 4.69) is 19.8 Å². The molecule has 0 fully saturated rings. The van der Waals surface area contributed by atoms with Crippen LogP contribution in [0.5, 0.6) is 0 Å². The average Bonchev–Trinajstić information content (AvgIpc) is 2.40. The molecular formula is C10H6ClFN4O2. The van der Waals surface area contributed by atoms with Crippen LogP contribution in [0.4, 0.5) is 10.3 Å². The molecule has 0 saturated carbocycles. The highest BCUT2D eigenvalue weighted by atomic mass is 35.5. The van der Waals surface area contributed by atoms with Gasteiger partial charge in [-0.15, -0.1) is 0 Å². The lowest BCUT2D eigenvalue weighted by atomic mass is 10.4. The fourth-order valence-electron chi connectivity index (χ4n) is 1.04. The summed E-state index contributed by atoms with van der Waals surface area (Å²) in [4.78, 5) is 26.8. The first-order chi connectivity index (χ1) is 8.66. The van der Waals surface area contributed by atoms with E-state index in [1.54, 1.807) is 0 Å². The van der Waals surface area contributed by atoms with Crippen molar-refractivity contribution in [2.45, 2.75) is 0 Å². The topological polar surface area (TPSA) is 68.2 Å². The summed E-state index contributed by atoms with van der Waals surface area (Å²) in [6, 6.07) is 2.67. The smallest absolute Gasteiger partial charge is 0.302 e. The van der Waals surface area contributed by atoms with Crippen molar-refractivity contribution in [1.82, 2.24) is 15.0 Å². The van der Waals surface area contributed by atoms with Crippen molar-refractivity contribution in [2.24, 2.45) is 0 Å². The number of nitrogens with zero attached hydrogens (tertiary/aromatic N) is 4. The molecular weight excluding hydrogens is 263 g/mol. The molecule has 0 radical (unpaired) electrons. The molecule has 0 bridgehead atoms. The van der Waals surface area contributed by atoms with Crippen molar-refractivity contribution in [3.63, 3.8) is 0 Å². The minimum Gasteiger partial charge on any atom is -0.302 e. The van der Waals surface area contributed by atoms with Gasteiger partial charge in [0.15, 0.2) is 5.69 Å². The van der Waals surface area contributed by atoms with Gasteiger partial charge in [0, 0.05) is 18.6 Å². The maximum Gasteiger partial charge on any atom is 0.386 e. The summed E-state index contributed by atoms with van der Waals surface area (Å²) in [7, 11) is 0. The molecule has 92 valence electrons. The highest BCUT2D eigenvalue weighted by Gasteiger charge is 2.16. The summed E-state index contributed by atoms with van der Waals surface area (Å²) in [6.45, 7) is 0. The largest absolute Gasteiger partial charge is 0.386 e. The quantitative estimate of drug-likeness (QED) is 0.626. The number of hydrogen-bond donors (Lipinski definition) is 0. The summed E-state index contributed by atoms with van der Waals surface area (Å²) in [5.74, 6) is -1.20. The second-order valence-electron chi connectivity index (χ2n) is 3.05. The van der Waals surface area contributed by atoms with Gasteiger partial charge in [-0.2, -0.15) is 0 Å². The molecule has 0 atom stereocenters. The molecule has 0 aliphatic rings. The van der Waals surface area contributed by atoms with E-state index >= 15 is 0 Å². The molecule has 0 N–H and O–H groups in total. The van der Waals surface area contributed by atoms with Crippen molar-refractivity contribution in [3.8, 4) is 0 Å². The molecule has 2 aromatic rings. The monoisotopic (exact) mass is 268 g/mol. The van der Waals surface area contributed by atoms with Gasteiger partial charge >= 0.3 is 5.97 Å². The third kappa shape index (κ3) is 2.89. The maximum atomic E-state index is 13.4. The Morgan fingerprint density at radius 2 is 2.11 bits per heavy atom. The molecule has 0 aliphatic carbocycles. The Labute approximate surface area is 106 Å². The average molecular weight is 269 g/mol. The summed E-state index contributed by atoms with van der Waals surface area (Å²) in [6.07, 6.45) is 5.05. The highest BCUT2D eigenvalue weighted by molar-refractivity contribution is 6.30. The number of anilines is 1. The van der Waals surface area contributed by atoms with Gasteiger partial charge in [-0.3, -0.25) is 4.98 Å². The van der Waals surface area contributed by atoms with Crippen LogP contribution in [-0.4, -0.2) is 20.9 Å². The molecule has 2 aromatic heterocycles. The summed E-state index contributed by atoms with van der Waals surface area (Å²) in [5.41, 5.74) is -0.117. The fraction of sp³-hybridized carbons (Fsp3) is 0. The molecule has 0 spiro atoms. The Balaban J connectivity index is 2.06. The number of carbonyl (C=O) groups excluding carboxylic acids is 1. The summed E-state index contributed by atoms with van der Waals surface area (Å²) < 4.78 is 13.4. The first-order valence-electron chi connectivity index (χ1n) is 4.72. The molecule has 2 rings (SSSR count). The van der Waals surface area contributed by atoms with E-state index in [0.717, 1.165) is 6.20 Å². The van der Waals surface area contributed by atoms with Crippen LogP contribution in [0.1, 0.15) is 10.5 Å². The normalized spacial score (nSPS) is 9.89. The second-order valence-corrected chi connectivity index (χ2v) is 3.49. The van der Waals surface area contributed by atoms with E-state index in [-0.39, 0.29) is 16.8 Å². The van der Waals surface area contributed by atoms with E-state index in [1.165, 1.54) is 30.7 Å². The first-order valence-corrected chi connectivity index (χ1v) is 5.10. The van der Waals surface area contributed by atoms with Gasteiger partial charge in [0.25, 0.3) is 0 Å². The van der Waals surface area contributed by atoms with Crippen LogP contribution >= 0.6 is 11.6 Å². The third-order valence-electron chi connectivity index (χ3n) is 1.83. The molecule has 0 saturated heterocycles. The second kappa shape index (κ2) is 5.37. The van der Waals surface area contributed by atoms with E-state index in [9.17, 15) is 9.28 Å². The number of rotatable bonds is 3. The van der Waals surface area contributed by atoms with Gasteiger partial charge < -0.3 is 4.84 Å². The van der Waals surface area contributed by atoms with Gasteiger partial charge in [-0.25, -0.2) is 14.8 Å². The van der Waals surface area contributed by atoms with Crippen LogP contribution in [0.25, 0.3) is 0 Å². The predicted octanol–water partition coefficient (Wildman–Crippen LogP) is 1.99. The lowest BCUT2D eigenvalue weighted by Crippen LogP contribution is -2.20. The maximum absolute atomic E-state index is 13.4. The van der Waals surface area contributed by atoms with Crippen LogP contribution in [0.15, 0.2) is 36.9 Å². The highest BCUT2D eigenvalue weighted by Crippen LogP contribution is 2.15. The minimum atomic E-state index is -0.984. The number of carbonyl (C=O) groups is 1. The summed E-state index contributed by atoms with van der Waals surface area (Å²) >= 11 is 5.59. The zero-order chi connectivity index (χ0) is 13.0. The van der Waals surface area contributed by atoms with Crippen LogP contribution in [0, 0.1) is 0 Å². The zero-order valence-corrected chi connectivity index (χ0v) is 9.58. The van der Waals surface area contributed by atoms with Crippen molar-refractivity contribution in [3.05, 3.63) is 47.6 Å². The van der Waals surface area contributed by atoms with Crippen molar-refractivity contribution < 1.29 is 14.1 Å². The summed E-state index contributed by atoms with van der Waals surface area (Å²) in [5, 5.41) is 0.0697. The lowest BCUT2D eigenvalue weighted by Gasteiger charge is -2.10. The molecule has 2 heterocycles. The molecule has 8 heteroatoms. The minimum absolute atomic E-state index is 0.117. The van der Waals surface area contributed by atoms with Crippen molar-refractivity contribution >= 4 is 23.4 Å². The van der Waals surface area contributed by atoms with Gasteiger partial charge in [0.2, 0.25) is 5.82 Å². The molecule has 0 amide bonds. The lowest BCUT2D eigenvalue weighted by molar-refractivity contribution is 0.0156. The number of halogens is 2. The molecule has 0 aromatic carbocycles. The van der Waals surface area contributed by atoms with Gasteiger partial charge in [-0.1, -0.05) is 16.1 Å². The predicted molar refractivity (Wildman–Crippen MR) is 60.3 cm³/mol. The van der Waals surface area contributed by atoms with E-state index in [1.807, 2.05) is 0 Å². The van der Waals surface area contributed by atoms with Gasteiger partial charge in [0.05, 0.1) is 11.2 Å². The van der Waals surface area contributed by atoms with E-state index in [0.29, 0.717) is 5.02 Å². The van der Waals surface area contributed by atoms with Crippen LogP contribution in [-0.2, 0) is 4.84 Å². The van der Waals surface area contributed by atoms with Crippen molar-refractivity contribution in [1.29, 1.82) is 0 Å². The standard InChI is InChI=1S/C10H6ClFN4O2/c11-7-1-2-9(15-5-7)16(12)18-10(17)8-6-13-3-4-14-8/h1-6H.